The smallest absolute Gasteiger partial charge is 0.291 e. The molecule has 4 rings (SSSR count). The maximum atomic E-state index is 12.8. The summed E-state index contributed by atoms with van der Waals surface area (Å²) in [4.78, 5) is 27.2. The third-order valence-corrected chi connectivity index (χ3v) is 5.32. The van der Waals surface area contributed by atoms with Gasteiger partial charge in [-0.3, -0.25) is 9.59 Å². The van der Waals surface area contributed by atoms with Crippen LogP contribution in [0, 0.1) is 6.92 Å². The van der Waals surface area contributed by atoms with Gasteiger partial charge < -0.3 is 20.0 Å². The molecule has 0 saturated heterocycles. The van der Waals surface area contributed by atoms with E-state index in [0.29, 0.717) is 16.9 Å². The number of hydrogen-bond acceptors (Lipinski definition) is 4. The van der Waals surface area contributed by atoms with Crippen LogP contribution in [0.15, 0.2) is 95.6 Å². The van der Waals surface area contributed by atoms with Gasteiger partial charge in [0, 0.05) is 36.2 Å². The van der Waals surface area contributed by atoms with Crippen LogP contribution >= 0.6 is 0 Å². The van der Waals surface area contributed by atoms with E-state index in [2.05, 4.69) is 27.7 Å². The average Bonchev–Trinajstić information content (AvgIpc) is 3.37. The molecular weight excluding hydrogens is 414 g/mol. The van der Waals surface area contributed by atoms with Crippen molar-refractivity contribution in [1.82, 2.24) is 0 Å². The lowest BCUT2D eigenvalue weighted by atomic mass is 10.1. The van der Waals surface area contributed by atoms with Gasteiger partial charge >= 0.3 is 0 Å². The van der Waals surface area contributed by atoms with Crippen LogP contribution in [0.3, 0.4) is 0 Å². The van der Waals surface area contributed by atoms with Gasteiger partial charge in [-0.1, -0.05) is 36.4 Å². The van der Waals surface area contributed by atoms with Gasteiger partial charge in [0.05, 0.1) is 6.26 Å². The third-order valence-electron chi connectivity index (χ3n) is 5.32. The Morgan fingerprint density at radius 1 is 0.848 bits per heavy atom. The fraction of sp³-hybridized carbons (Fsp3) is 0.111. The lowest BCUT2D eigenvalue weighted by Crippen LogP contribution is -2.17. The number of furan rings is 1. The molecule has 166 valence electrons. The second kappa shape index (κ2) is 9.87. The topological polar surface area (TPSA) is 74.6 Å². The summed E-state index contributed by atoms with van der Waals surface area (Å²) in [5.41, 5.74) is 4.82. The van der Waals surface area contributed by atoms with Crippen LogP contribution in [0.1, 0.15) is 32.0 Å². The monoisotopic (exact) mass is 439 g/mol. The van der Waals surface area contributed by atoms with E-state index in [4.69, 9.17) is 4.42 Å². The normalized spacial score (nSPS) is 10.5. The summed E-state index contributed by atoms with van der Waals surface area (Å²) >= 11 is 0. The molecule has 6 heteroatoms. The minimum atomic E-state index is -0.365. The first kappa shape index (κ1) is 21.9. The number of hydrogen-bond donors (Lipinski definition) is 2. The van der Waals surface area contributed by atoms with Crippen molar-refractivity contribution in [1.29, 1.82) is 0 Å². The van der Waals surface area contributed by atoms with Gasteiger partial charge in [-0.2, -0.15) is 0 Å². The van der Waals surface area contributed by atoms with Crippen molar-refractivity contribution in [3.05, 3.63) is 114 Å². The second-order valence-corrected chi connectivity index (χ2v) is 7.80. The van der Waals surface area contributed by atoms with Crippen LogP contribution in [-0.4, -0.2) is 18.9 Å². The highest BCUT2D eigenvalue weighted by atomic mass is 16.3. The van der Waals surface area contributed by atoms with Crippen LogP contribution < -0.4 is 15.5 Å². The first-order valence-corrected chi connectivity index (χ1v) is 10.6. The molecular formula is C27H25N3O3. The van der Waals surface area contributed by atoms with Crippen molar-refractivity contribution < 1.29 is 14.0 Å². The average molecular weight is 440 g/mol. The summed E-state index contributed by atoms with van der Waals surface area (Å²) in [6.45, 7) is 2.66. The summed E-state index contributed by atoms with van der Waals surface area (Å²) in [5, 5.41) is 5.71. The number of nitrogens with one attached hydrogen (secondary N) is 2. The summed E-state index contributed by atoms with van der Waals surface area (Å²) < 4.78 is 5.13. The van der Waals surface area contributed by atoms with Gasteiger partial charge in [-0.15, -0.1) is 0 Å². The molecule has 0 aliphatic heterocycles. The highest BCUT2D eigenvalue weighted by molar-refractivity contribution is 6.07. The molecule has 6 nitrogen and oxygen atoms in total. The van der Waals surface area contributed by atoms with Crippen LogP contribution in [0.5, 0.6) is 0 Å². The van der Waals surface area contributed by atoms with E-state index in [1.54, 1.807) is 30.3 Å². The number of rotatable bonds is 7. The molecule has 4 aromatic rings. The highest BCUT2D eigenvalue weighted by Gasteiger charge is 2.13. The van der Waals surface area contributed by atoms with Gasteiger partial charge in [0.15, 0.2) is 5.76 Å². The van der Waals surface area contributed by atoms with Crippen LogP contribution in [0.2, 0.25) is 0 Å². The van der Waals surface area contributed by atoms with E-state index in [-0.39, 0.29) is 17.6 Å². The molecule has 0 bridgehead atoms. The van der Waals surface area contributed by atoms with Crippen molar-refractivity contribution in [2.24, 2.45) is 0 Å². The fourth-order valence-electron chi connectivity index (χ4n) is 3.44. The second-order valence-electron chi connectivity index (χ2n) is 7.80. The molecule has 1 heterocycles. The van der Waals surface area contributed by atoms with Crippen molar-refractivity contribution in [2.45, 2.75) is 13.5 Å². The minimum absolute atomic E-state index is 0.210. The Balaban J connectivity index is 1.41. The molecule has 0 aliphatic carbocycles. The molecule has 0 saturated carbocycles. The Hall–Kier alpha value is -4.32. The number of nitrogens with zero attached hydrogens (tertiary/aromatic N) is 1. The number of benzene rings is 3. The third kappa shape index (κ3) is 5.49. The van der Waals surface area contributed by atoms with E-state index in [1.165, 1.54) is 11.8 Å². The summed E-state index contributed by atoms with van der Waals surface area (Å²) in [7, 11) is 2.03. The van der Waals surface area contributed by atoms with Crippen molar-refractivity contribution in [2.75, 3.05) is 22.6 Å². The highest BCUT2D eigenvalue weighted by Crippen LogP contribution is 2.22. The Morgan fingerprint density at radius 3 is 2.30 bits per heavy atom. The largest absolute Gasteiger partial charge is 0.459 e. The van der Waals surface area contributed by atoms with E-state index in [9.17, 15) is 9.59 Å². The number of amides is 2. The zero-order chi connectivity index (χ0) is 23.2. The predicted octanol–water partition coefficient (Wildman–Crippen LogP) is 5.73. The zero-order valence-electron chi connectivity index (χ0n) is 18.5. The first-order chi connectivity index (χ1) is 16.0. The molecule has 33 heavy (non-hydrogen) atoms. The van der Waals surface area contributed by atoms with Crippen molar-refractivity contribution >= 4 is 28.9 Å². The number of carbonyl (C=O) groups is 2. The number of aryl methyl sites for hydroxylation is 1. The van der Waals surface area contributed by atoms with Crippen LogP contribution in [0.25, 0.3) is 0 Å². The molecule has 0 spiro atoms. The Bertz CT molecular complexity index is 1230. The molecule has 0 aliphatic rings. The molecule has 2 amide bonds. The summed E-state index contributed by atoms with van der Waals surface area (Å²) in [5.74, 6) is -0.411. The summed E-state index contributed by atoms with van der Waals surface area (Å²) in [6.07, 6.45) is 1.44. The molecule has 0 unspecified atom stereocenters. The van der Waals surface area contributed by atoms with Gasteiger partial charge in [0.25, 0.3) is 11.8 Å². The van der Waals surface area contributed by atoms with Gasteiger partial charge in [0.2, 0.25) is 0 Å². The number of carbonyl (C=O) groups excluding carboxylic acids is 2. The molecule has 3 aromatic carbocycles. The maximum absolute atomic E-state index is 12.8. The van der Waals surface area contributed by atoms with Crippen LogP contribution in [0.4, 0.5) is 17.1 Å². The predicted molar refractivity (Wildman–Crippen MR) is 131 cm³/mol. The van der Waals surface area contributed by atoms with Crippen LogP contribution in [-0.2, 0) is 6.54 Å². The standard InChI is InChI=1S/C27H25N3O3/c1-19-10-11-21(17-24(19)29-27(32)25-9-6-16-33-25)26(31)28-22-12-14-23(15-13-22)30(2)18-20-7-4-3-5-8-20/h3-17H,18H2,1-2H3,(H,28,31)(H,29,32). The maximum Gasteiger partial charge on any atom is 0.291 e. The Morgan fingerprint density at radius 2 is 1.61 bits per heavy atom. The summed E-state index contributed by atoms with van der Waals surface area (Å²) in [6, 6.07) is 26.4. The van der Waals surface area contributed by atoms with Gasteiger partial charge in [-0.25, -0.2) is 0 Å². The van der Waals surface area contributed by atoms with Crippen molar-refractivity contribution in [3.8, 4) is 0 Å². The minimum Gasteiger partial charge on any atom is -0.459 e. The lowest BCUT2D eigenvalue weighted by molar-refractivity contribution is 0.0993. The van der Waals surface area contributed by atoms with E-state index >= 15 is 0 Å². The molecule has 2 N–H and O–H groups in total. The number of anilines is 3. The fourth-order valence-corrected chi connectivity index (χ4v) is 3.44. The molecule has 0 radical (unpaired) electrons. The molecule has 1 aromatic heterocycles. The van der Waals surface area contributed by atoms with Gasteiger partial charge in [0.1, 0.15) is 0 Å². The molecule has 0 fully saturated rings. The van der Waals surface area contributed by atoms with Gasteiger partial charge in [-0.05, 0) is 66.6 Å². The zero-order valence-corrected chi connectivity index (χ0v) is 18.5. The Kier molecular flexibility index (Phi) is 6.55. The Labute approximate surface area is 192 Å². The molecule has 0 atom stereocenters. The van der Waals surface area contributed by atoms with E-state index in [0.717, 1.165) is 17.8 Å². The van der Waals surface area contributed by atoms with E-state index < -0.39 is 0 Å². The lowest BCUT2D eigenvalue weighted by Gasteiger charge is -2.20. The van der Waals surface area contributed by atoms with Crippen molar-refractivity contribution in [3.63, 3.8) is 0 Å². The first-order valence-electron chi connectivity index (χ1n) is 10.6. The quantitative estimate of drug-likeness (QED) is 0.386. The van der Waals surface area contributed by atoms with E-state index in [1.807, 2.05) is 56.4 Å². The SMILES string of the molecule is Cc1ccc(C(=O)Nc2ccc(N(C)Cc3ccccc3)cc2)cc1NC(=O)c1ccco1.